The lowest BCUT2D eigenvalue weighted by atomic mass is 10.0. The maximum atomic E-state index is 12.8. The molecule has 4 rings (SSSR count). The van der Waals surface area contributed by atoms with Crippen LogP contribution in [0.25, 0.3) is 31.8 Å². The van der Waals surface area contributed by atoms with Crippen molar-refractivity contribution in [1.29, 1.82) is 5.26 Å². The van der Waals surface area contributed by atoms with Gasteiger partial charge in [0.2, 0.25) is 0 Å². The van der Waals surface area contributed by atoms with Crippen LogP contribution in [0.1, 0.15) is 5.69 Å². The number of thiophene rings is 1. The van der Waals surface area contributed by atoms with Gasteiger partial charge >= 0.3 is 6.36 Å². The minimum absolute atomic E-state index is 0.0569. The van der Waals surface area contributed by atoms with Crippen molar-refractivity contribution in [2.24, 2.45) is 0 Å². The number of halogens is 3. The number of aromatic nitrogens is 3. The molecule has 0 aliphatic heterocycles. The van der Waals surface area contributed by atoms with Crippen LogP contribution < -0.4 is 4.74 Å². The van der Waals surface area contributed by atoms with E-state index in [2.05, 4.69) is 20.1 Å². The molecule has 0 saturated heterocycles. The molecule has 0 aliphatic carbocycles. The first-order valence-electron chi connectivity index (χ1n) is 7.64. The van der Waals surface area contributed by atoms with Crippen molar-refractivity contribution in [2.75, 3.05) is 0 Å². The van der Waals surface area contributed by atoms with Crippen LogP contribution in [0, 0.1) is 11.3 Å². The molecule has 1 N–H and O–H groups in total. The van der Waals surface area contributed by atoms with Gasteiger partial charge in [0.15, 0.2) is 5.69 Å². The summed E-state index contributed by atoms with van der Waals surface area (Å²) in [5.74, 6) is -0.389. The first-order valence-corrected chi connectivity index (χ1v) is 8.46. The number of fused-ring (bicyclic) bond motifs is 1. The molecule has 9 heteroatoms. The highest BCUT2D eigenvalue weighted by atomic mass is 32.1. The number of benzene rings is 2. The molecule has 2 aromatic heterocycles. The Balaban J connectivity index is 1.89. The number of nitrogens with one attached hydrogen (secondary N) is 1. The number of nitriles is 1. The van der Waals surface area contributed by atoms with E-state index >= 15 is 0 Å². The van der Waals surface area contributed by atoms with E-state index in [1.54, 1.807) is 6.07 Å². The van der Waals surface area contributed by atoms with E-state index < -0.39 is 6.36 Å². The summed E-state index contributed by atoms with van der Waals surface area (Å²) in [7, 11) is 0. The van der Waals surface area contributed by atoms with Gasteiger partial charge < -0.3 is 4.74 Å². The number of hydrogen-bond acceptors (Lipinski definition) is 5. The van der Waals surface area contributed by atoms with E-state index in [0.29, 0.717) is 11.1 Å². The molecule has 0 fully saturated rings. The summed E-state index contributed by atoms with van der Waals surface area (Å²) in [4.78, 5) is 0.770. The molecule has 5 nitrogen and oxygen atoms in total. The Bertz CT molecular complexity index is 1140. The van der Waals surface area contributed by atoms with Crippen LogP contribution in [0.4, 0.5) is 13.2 Å². The molecule has 0 bridgehead atoms. The van der Waals surface area contributed by atoms with Crippen LogP contribution in [0.3, 0.4) is 0 Å². The average molecular weight is 386 g/mol. The van der Waals surface area contributed by atoms with E-state index in [1.807, 2.05) is 36.4 Å². The molecule has 2 aromatic carbocycles. The molecular weight excluding hydrogens is 377 g/mol. The second kappa shape index (κ2) is 6.41. The van der Waals surface area contributed by atoms with Gasteiger partial charge in [-0.05, 0) is 41.3 Å². The van der Waals surface area contributed by atoms with E-state index in [1.165, 1.54) is 23.5 Å². The van der Waals surface area contributed by atoms with Crippen molar-refractivity contribution >= 4 is 21.4 Å². The van der Waals surface area contributed by atoms with E-state index in [4.69, 9.17) is 5.26 Å². The highest BCUT2D eigenvalue weighted by Gasteiger charge is 2.31. The molecule has 0 aliphatic rings. The summed E-state index contributed by atoms with van der Waals surface area (Å²) in [6, 6.07) is 15.6. The first-order chi connectivity index (χ1) is 12.9. The molecule has 4 aromatic rings. The number of nitrogens with zero attached hydrogens (tertiary/aromatic N) is 3. The van der Waals surface area contributed by atoms with Crippen LogP contribution >= 0.6 is 11.3 Å². The van der Waals surface area contributed by atoms with Gasteiger partial charge in [-0.15, -0.1) is 29.6 Å². The summed E-state index contributed by atoms with van der Waals surface area (Å²) in [5, 5.41) is 19.9. The number of rotatable bonds is 3. The molecular formula is C18H9F3N4OS. The van der Waals surface area contributed by atoms with Gasteiger partial charge in [-0.1, -0.05) is 23.4 Å². The fourth-order valence-corrected chi connectivity index (χ4v) is 3.75. The minimum Gasteiger partial charge on any atom is -0.406 e. The standard InChI is InChI=1S/C18H9F3N4OS/c19-18(20,21)26-13-6-11(16-8-10-3-1-2-4-15(10)27-16)5-12(7-13)17-14(9-22)23-25-24-17/h1-8H,(H,23,24,25). The first kappa shape index (κ1) is 17.1. The summed E-state index contributed by atoms with van der Waals surface area (Å²) in [6.07, 6.45) is -4.84. The van der Waals surface area contributed by atoms with Crippen molar-refractivity contribution in [3.63, 3.8) is 0 Å². The number of H-pyrrole nitrogens is 1. The van der Waals surface area contributed by atoms with E-state index in [-0.39, 0.29) is 17.1 Å². The summed E-state index contributed by atoms with van der Waals surface area (Å²) >= 11 is 1.45. The third-order valence-electron chi connectivity index (χ3n) is 3.78. The molecule has 27 heavy (non-hydrogen) atoms. The lowest BCUT2D eigenvalue weighted by Gasteiger charge is -2.11. The van der Waals surface area contributed by atoms with Gasteiger partial charge in [-0.3, -0.25) is 0 Å². The summed E-state index contributed by atoms with van der Waals surface area (Å²) in [5.41, 5.74) is 1.04. The Labute approximate surface area is 154 Å². The maximum absolute atomic E-state index is 12.8. The topological polar surface area (TPSA) is 74.6 Å². The van der Waals surface area contributed by atoms with Crippen LogP contribution in [0.5, 0.6) is 5.75 Å². The van der Waals surface area contributed by atoms with E-state index in [9.17, 15) is 13.2 Å². The molecule has 0 saturated carbocycles. The normalized spacial score (nSPS) is 11.5. The smallest absolute Gasteiger partial charge is 0.406 e. The number of alkyl halides is 3. The highest BCUT2D eigenvalue weighted by Crippen LogP contribution is 2.38. The fourth-order valence-electron chi connectivity index (χ4n) is 2.70. The number of hydrogen-bond donors (Lipinski definition) is 1. The highest BCUT2D eigenvalue weighted by molar-refractivity contribution is 7.22. The molecule has 0 radical (unpaired) electrons. The largest absolute Gasteiger partial charge is 0.573 e. The third kappa shape index (κ3) is 3.47. The monoisotopic (exact) mass is 386 g/mol. The van der Waals surface area contributed by atoms with Gasteiger partial charge in [-0.2, -0.15) is 5.26 Å². The lowest BCUT2D eigenvalue weighted by Crippen LogP contribution is -2.17. The zero-order valence-electron chi connectivity index (χ0n) is 13.4. The van der Waals surface area contributed by atoms with Crippen molar-refractivity contribution in [3.05, 3.63) is 54.2 Å². The zero-order chi connectivity index (χ0) is 19.0. The van der Waals surface area contributed by atoms with Crippen molar-refractivity contribution < 1.29 is 17.9 Å². The van der Waals surface area contributed by atoms with Crippen molar-refractivity contribution in [3.8, 4) is 33.5 Å². The van der Waals surface area contributed by atoms with E-state index in [0.717, 1.165) is 15.0 Å². The number of ether oxygens (including phenoxy) is 1. The van der Waals surface area contributed by atoms with Gasteiger partial charge in [0.25, 0.3) is 0 Å². The predicted molar refractivity (Wildman–Crippen MR) is 94.0 cm³/mol. The summed E-state index contributed by atoms with van der Waals surface area (Å²) < 4.78 is 43.4. The quantitative estimate of drug-likeness (QED) is 0.530. The van der Waals surface area contributed by atoms with Gasteiger partial charge in [0.05, 0.1) is 0 Å². The fraction of sp³-hybridized carbons (Fsp3) is 0.0556. The third-order valence-corrected chi connectivity index (χ3v) is 4.95. The molecule has 0 spiro atoms. The Morgan fingerprint density at radius 1 is 1.07 bits per heavy atom. The molecule has 0 atom stereocenters. The van der Waals surface area contributed by atoms with Crippen LogP contribution in [0.2, 0.25) is 0 Å². The average Bonchev–Trinajstić information content (AvgIpc) is 3.26. The molecule has 134 valence electrons. The Morgan fingerprint density at radius 3 is 2.59 bits per heavy atom. The maximum Gasteiger partial charge on any atom is 0.573 e. The second-order valence-corrected chi connectivity index (χ2v) is 6.67. The SMILES string of the molecule is N#Cc1[nH]nnc1-c1cc(OC(F)(F)F)cc(-c2cc3ccccc3s2)c1. The van der Waals surface area contributed by atoms with Gasteiger partial charge in [-0.25, -0.2) is 5.10 Å². The van der Waals surface area contributed by atoms with Crippen LogP contribution in [-0.4, -0.2) is 21.8 Å². The molecule has 0 amide bonds. The van der Waals surface area contributed by atoms with Crippen LogP contribution in [0.15, 0.2) is 48.5 Å². The lowest BCUT2D eigenvalue weighted by molar-refractivity contribution is -0.274. The van der Waals surface area contributed by atoms with Crippen molar-refractivity contribution in [2.45, 2.75) is 6.36 Å². The predicted octanol–water partition coefficient (Wildman–Crippen LogP) is 5.12. The summed E-state index contributed by atoms with van der Waals surface area (Å²) in [6.45, 7) is 0. The molecule has 2 heterocycles. The van der Waals surface area contributed by atoms with Crippen molar-refractivity contribution in [1.82, 2.24) is 15.4 Å². The minimum atomic E-state index is -4.84. The Kier molecular flexibility index (Phi) is 4.05. The zero-order valence-corrected chi connectivity index (χ0v) is 14.2. The van der Waals surface area contributed by atoms with Gasteiger partial charge in [0, 0.05) is 15.1 Å². The molecule has 0 unspecified atom stereocenters. The Morgan fingerprint density at radius 2 is 1.85 bits per heavy atom. The number of aromatic amines is 1. The Hall–Kier alpha value is -3.38. The van der Waals surface area contributed by atoms with Gasteiger partial charge in [0.1, 0.15) is 17.5 Å². The van der Waals surface area contributed by atoms with Crippen LogP contribution in [-0.2, 0) is 0 Å². The second-order valence-electron chi connectivity index (χ2n) is 5.59.